The molecule has 3 aromatic rings. The monoisotopic (exact) mass is 959 g/mol. The van der Waals surface area contributed by atoms with E-state index in [4.69, 9.17) is 29.1 Å². The standard InChI is InChI=1S/C32H43N5O11S.C6H10N2O9/c1-5-9-21-20-35(7-3)28-27(21)33-29(34-30(28)41)23-17-22(10-11-24(23)47-16-6-2)49(44,45)37-14-12-36(13-15-37)48-31(42)32(43,18-25(38)39)19-26(40)46-8-4;9-6(10)1-2-15-3-5(17-8(13)14)4-16-7(11)12/h10-11,17,20,43H,5-9,12-16,18-19H2,1-4H3,(H,38,39)(H,33,34,41);5H,1-4H2,(H,9,10)/t;5-/m.0/s1. The van der Waals surface area contributed by atoms with Crippen LogP contribution < -0.4 is 10.3 Å². The zero-order valence-electron chi connectivity index (χ0n) is 36.6. The van der Waals surface area contributed by atoms with Crippen LogP contribution in [-0.4, -0.2) is 153 Å². The molecule has 2 atom stereocenters. The highest BCUT2D eigenvalue weighted by molar-refractivity contribution is 7.89. The highest BCUT2D eigenvalue weighted by Gasteiger charge is 2.44. The SMILES string of the molecule is CCCOc1ccc(S(=O)(=O)N2CCN(OC(=O)C(O)(CC(=O)O)CC(=O)OCC)CC2)cc1-c1nc2c(CCC)cn(CC)c2c(=O)[nH]1.O=C(O)CCOC[C@@H](CO[N+](=O)[O-])O[N+](=O)[O-]. The second kappa shape index (κ2) is 25.3. The lowest BCUT2D eigenvalue weighted by Crippen LogP contribution is -2.52. The smallest absolute Gasteiger partial charge is 0.358 e. The summed E-state index contributed by atoms with van der Waals surface area (Å²) in [5.74, 6) is -4.47. The van der Waals surface area contributed by atoms with Crippen LogP contribution in [0.4, 0.5) is 0 Å². The van der Waals surface area contributed by atoms with Gasteiger partial charge in [-0.3, -0.25) is 19.2 Å². The summed E-state index contributed by atoms with van der Waals surface area (Å²) in [7, 11) is -4.12. The average Bonchev–Trinajstić information content (AvgIpc) is 3.61. The number of piperazine rings is 1. The fraction of sp³-hybridized carbons (Fsp3) is 0.579. The lowest BCUT2D eigenvalue weighted by Gasteiger charge is -2.34. The van der Waals surface area contributed by atoms with Crippen molar-refractivity contribution in [3.8, 4) is 17.1 Å². The van der Waals surface area contributed by atoms with Crippen molar-refractivity contribution >= 4 is 44.9 Å². The van der Waals surface area contributed by atoms with Crippen molar-refractivity contribution in [2.75, 3.05) is 59.2 Å². The van der Waals surface area contributed by atoms with Crippen LogP contribution in [0.2, 0.25) is 0 Å². The van der Waals surface area contributed by atoms with E-state index in [9.17, 15) is 62.8 Å². The van der Waals surface area contributed by atoms with E-state index in [1.807, 2.05) is 31.5 Å². The summed E-state index contributed by atoms with van der Waals surface area (Å²) in [5, 5.41) is 46.8. The van der Waals surface area contributed by atoms with Crippen molar-refractivity contribution in [1.29, 1.82) is 0 Å². The van der Waals surface area contributed by atoms with Crippen LogP contribution in [0.1, 0.15) is 65.4 Å². The zero-order chi connectivity index (χ0) is 49.2. The first kappa shape index (κ1) is 53.8. The molecule has 0 saturated carbocycles. The van der Waals surface area contributed by atoms with Gasteiger partial charge in [-0.2, -0.15) is 4.31 Å². The number of aromatic amines is 1. The molecule has 28 heteroatoms. The number of hydroxylamine groups is 2. The van der Waals surface area contributed by atoms with E-state index in [0.717, 1.165) is 17.0 Å². The molecule has 2 aromatic heterocycles. The van der Waals surface area contributed by atoms with Gasteiger partial charge in [0.2, 0.25) is 10.0 Å². The number of benzene rings is 1. The summed E-state index contributed by atoms with van der Waals surface area (Å²) in [6, 6.07) is 4.34. The minimum atomic E-state index is -4.12. The Labute approximate surface area is 376 Å². The van der Waals surface area contributed by atoms with Gasteiger partial charge in [0.15, 0.2) is 11.7 Å². The number of aryl methyl sites for hydroxylation is 2. The number of nitrogens with one attached hydrogen (secondary N) is 1. The number of aromatic nitrogens is 3. The van der Waals surface area contributed by atoms with Crippen molar-refractivity contribution in [3.05, 3.63) is 60.5 Å². The van der Waals surface area contributed by atoms with Crippen molar-refractivity contribution < 1.29 is 81.8 Å². The van der Waals surface area contributed by atoms with E-state index in [1.165, 1.54) is 29.4 Å². The Balaban J connectivity index is 0.000000576. The largest absolute Gasteiger partial charge is 0.493 e. The number of aliphatic carboxylic acids is 2. The quantitative estimate of drug-likeness (QED) is 0.0382. The number of sulfonamides is 1. The number of hydrogen-bond donors (Lipinski definition) is 4. The molecule has 1 saturated heterocycles. The maximum atomic E-state index is 13.9. The number of carbonyl (C=O) groups is 4. The van der Waals surface area contributed by atoms with Crippen LogP contribution in [0, 0.1) is 20.2 Å². The maximum absolute atomic E-state index is 13.9. The van der Waals surface area contributed by atoms with Crippen molar-refractivity contribution in [3.63, 3.8) is 0 Å². The Hall–Kier alpha value is -6.49. The average molecular weight is 960 g/mol. The first-order valence-corrected chi connectivity index (χ1v) is 22.0. The number of nitrogens with zero attached hydrogens (tertiary/aromatic N) is 6. The zero-order valence-corrected chi connectivity index (χ0v) is 37.4. The molecule has 4 rings (SSSR count). The number of carboxylic acid groups (broad SMARTS) is 2. The summed E-state index contributed by atoms with van der Waals surface area (Å²) in [6.45, 7) is 6.56. The summed E-state index contributed by atoms with van der Waals surface area (Å²) >= 11 is 0. The molecular weight excluding hydrogens is 907 g/mol. The predicted octanol–water partition coefficient (Wildman–Crippen LogP) is 1.34. The van der Waals surface area contributed by atoms with E-state index in [0.29, 0.717) is 48.3 Å². The molecule has 0 amide bonds. The summed E-state index contributed by atoms with van der Waals surface area (Å²) < 4.78 is 46.1. The third-order valence-corrected chi connectivity index (χ3v) is 11.2. The van der Waals surface area contributed by atoms with Crippen LogP contribution >= 0.6 is 0 Å². The first-order valence-electron chi connectivity index (χ1n) is 20.5. The number of carboxylic acids is 2. The Morgan fingerprint density at radius 2 is 1.65 bits per heavy atom. The number of fused-ring (bicyclic) bond motifs is 1. The second-order valence-corrected chi connectivity index (χ2v) is 16.2. The van der Waals surface area contributed by atoms with E-state index in [1.54, 1.807) is 0 Å². The number of carbonyl (C=O) groups excluding carboxylic acids is 2. The molecule has 366 valence electrons. The van der Waals surface area contributed by atoms with Crippen LogP contribution in [0.15, 0.2) is 34.1 Å². The molecule has 0 aliphatic carbocycles. The van der Waals surface area contributed by atoms with Gasteiger partial charge < -0.3 is 53.6 Å². The molecule has 1 fully saturated rings. The number of rotatable bonds is 26. The van der Waals surface area contributed by atoms with Gasteiger partial charge in [0, 0.05) is 38.9 Å². The van der Waals surface area contributed by atoms with Gasteiger partial charge in [-0.15, -0.1) is 25.3 Å². The van der Waals surface area contributed by atoms with Crippen LogP contribution in [0.5, 0.6) is 5.75 Å². The Morgan fingerprint density at radius 3 is 2.23 bits per heavy atom. The molecular formula is C38H53N7O20S. The van der Waals surface area contributed by atoms with E-state index < -0.39 is 75.2 Å². The number of aliphatic hydroxyl groups is 1. The number of esters is 1. The minimum absolute atomic E-state index is 0.0415. The van der Waals surface area contributed by atoms with Crippen LogP contribution in [0.3, 0.4) is 0 Å². The van der Waals surface area contributed by atoms with E-state index >= 15 is 0 Å². The first-order chi connectivity index (χ1) is 31.2. The molecule has 3 heterocycles. The third-order valence-electron chi connectivity index (χ3n) is 9.30. The van der Waals surface area contributed by atoms with Crippen molar-refractivity contribution in [2.45, 2.75) is 89.4 Å². The molecule has 27 nitrogen and oxygen atoms in total. The molecule has 1 unspecified atom stereocenters. The maximum Gasteiger partial charge on any atom is 0.358 e. The van der Waals surface area contributed by atoms with E-state index in [-0.39, 0.29) is 68.7 Å². The Bertz CT molecular complexity index is 2350. The number of H-pyrrole nitrogens is 1. The second-order valence-electron chi connectivity index (χ2n) is 14.3. The lowest BCUT2D eigenvalue weighted by molar-refractivity contribution is -0.790. The summed E-state index contributed by atoms with van der Waals surface area (Å²) in [5.41, 5.74) is -0.856. The van der Waals surface area contributed by atoms with Gasteiger partial charge in [0.25, 0.3) is 15.7 Å². The molecule has 1 aliphatic heterocycles. The van der Waals surface area contributed by atoms with Gasteiger partial charge in [0.05, 0.1) is 61.7 Å². The Morgan fingerprint density at radius 1 is 0.955 bits per heavy atom. The van der Waals surface area contributed by atoms with E-state index in [2.05, 4.69) is 14.7 Å². The highest BCUT2D eigenvalue weighted by atomic mass is 32.2. The minimum Gasteiger partial charge on any atom is -0.493 e. The van der Waals surface area contributed by atoms with Gasteiger partial charge >= 0.3 is 23.9 Å². The number of hydrogen-bond acceptors (Lipinski definition) is 20. The molecule has 0 radical (unpaired) electrons. The fourth-order valence-electron chi connectivity index (χ4n) is 6.30. The molecule has 1 aliphatic rings. The Kier molecular flexibility index (Phi) is 20.6. The molecule has 1 aromatic carbocycles. The molecule has 4 N–H and O–H groups in total. The van der Waals surface area contributed by atoms with Gasteiger partial charge in [-0.25, -0.2) is 18.2 Å². The third kappa shape index (κ3) is 15.6. The van der Waals surface area contributed by atoms with Crippen LogP contribution in [0.25, 0.3) is 22.4 Å². The van der Waals surface area contributed by atoms with Crippen molar-refractivity contribution in [1.82, 2.24) is 23.9 Å². The molecule has 0 bridgehead atoms. The molecule has 66 heavy (non-hydrogen) atoms. The lowest BCUT2D eigenvalue weighted by atomic mass is 9.96. The summed E-state index contributed by atoms with van der Waals surface area (Å²) in [4.78, 5) is 100. The predicted molar refractivity (Wildman–Crippen MR) is 224 cm³/mol. The summed E-state index contributed by atoms with van der Waals surface area (Å²) in [6.07, 6.45) is 0.542. The topological polar surface area (TPSA) is 362 Å². The highest BCUT2D eigenvalue weighted by Crippen LogP contribution is 2.33. The van der Waals surface area contributed by atoms with Crippen molar-refractivity contribution in [2.24, 2.45) is 0 Å². The van der Waals surface area contributed by atoms with Gasteiger partial charge in [-0.05, 0) is 50.5 Å². The van der Waals surface area contributed by atoms with Gasteiger partial charge in [0.1, 0.15) is 23.7 Å². The fourth-order valence-corrected chi connectivity index (χ4v) is 7.75. The van der Waals surface area contributed by atoms with Gasteiger partial charge in [-0.1, -0.05) is 20.3 Å². The molecule has 0 spiro atoms. The number of ether oxygens (including phenoxy) is 3. The van der Waals surface area contributed by atoms with Crippen LogP contribution in [-0.2, 0) is 66.2 Å². The normalized spacial score (nSPS) is 14.5.